The monoisotopic (exact) mass is 481 g/mol. The molecule has 0 bridgehead atoms. The van der Waals surface area contributed by atoms with E-state index in [1.807, 2.05) is 6.92 Å². The smallest absolute Gasteiger partial charge is 0.256 e. The molecule has 5 rings (SSSR count). The van der Waals surface area contributed by atoms with E-state index in [4.69, 9.17) is 16.3 Å². The van der Waals surface area contributed by atoms with Crippen LogP contribution in [0.1, 0.15) is 29.5 Å². The van der Waals surface area contributed by atoms with Crippen LogP contribution in [0.2, 0.25) is 5.02 Å². The molecule has 1 fully saturated rings. The van der Waals surface area contributed by atoms with E-state index in [2.05, 4.69) is 10.6 Å². The van der Waals surface area contributed by atoms with Crippen molar-refractivity contribution in [2.45, 2.75) is 37.1 Å². The van der Waals surface area contributed by atoms with E-state index in [0.717, 1.165) is 0 Å². The second-order valence-corrected chi connectivity index (χ2v) is 8.97. The van der Waals surface area contributed by atoms with E-state index in [1.165, 1.54) is 6.07 Å². The first-order valence-electron chi connectivity index (χ1n) is 10.8. The van der Waals surface area contributed by atoms with Crippen molar-refractivity contribution in [3.8, 4) is 5.75 Å². The van der Waals surface area contributed by atoms with Crippen LogP contribution in [-0.4, -0.2) is 22.9 Å². The first-order chi connectivity index (χ1) is 16.3. The third kappa shape index (κ3) is 3.41. The molecule has 0 unspecified atom stereocenters. The van der Waals surface area contributed by atoms with Crippen LogP contribution in [0.4, 0.5) is 10.1 Å². The molecule has 0 radical (unpaired) electrons. The standard InChI is InChI=1S/C25H21ClFN3O4/c1-14-22(15-10-11-21(18(26)12-15)34-13-16-6-2-4-8-19(16)27)23(30(32)33)25(29-14)17-7-3-5-9-20(17)28-24(25)31/h2-12,14,22-23,29H,13H2,1H3,(H,28,31)/t14-,22+,23+,25-/m0/s1. The molecule has 3 aromatic rings. The third-order valence-corrected chi connectivity index (χ3v) is 6.94. The molecular formula is C25H21ClFN3O4. The molecule has 1 saturated heterocycles. The number of nitrogens with zero attached hydrogens (tertiary/aromatic N) is 1. The van der Waals surface area contributed by atoms with Crippen molar-refractivity contribution < 1.29 is 18.8 Å². The van der Waals surface area contributed by atoms with Crippen molar-refractivity contribution >= 4 is 23.2 Å². The number of carbonyl (C=O) groups excluding carboxylic acids is 1. The van der Waals surface area contributed by atoms with Gasteiger partial charge in [-0.15, -0.1) is 0 Å². The summed E-state index contributed by atoms with van der Waals surface area (Å²) < 4.78 is 19.6. The van der Waals surface area contributed by atoms with E-state index in [0.29, 0.717) is 28.1 Å². The fraction of sp³-hybridized carbons (Fsp3) is 0.240. The van der Waals surface area contributed by atoms with Crippen LogP contribution < -0.4 is 15.4 Å². The Morgan fingerprint density at radius 3 is 2.62 bits per heavy atom. The van der Waals surface area contributed by atoms with Crippen molar-refractivity contribution in [3.05, 3.63) is 104 Å². The van der Waals surface area contributed by atoms with E-state index in [-0.39, 0.29) is 22.4 Å². The zero-order valence-corrected chi connectivity index (χ0v) is 18.9. The lowest BCUT2D eigenvalue weighted by atomic mass is 9.78. The number of nitrogens with one attached hydrogen (secondary N) is 2. The number of nitro groups is 1. The van der Waals surface area contributed by atoms with E-state index >= 15 is 0 Å². The highest BCUT2D eigenvalue weighted by molar-refractivity contribution is 6.32. The van der Waals surface area contributed by atoms with Crippen molar-refractivity contribution in [3.63, 3.8) is 0 Å². The van der Waals surface area contributed by atoms with Crippen molar-refractivity contribution in [2.75, 3.05) is 5.32 Å². The molecule has 7 nitrogen and oxygen atoms in total. The summed E-state index contributed by atoms with van der Waals surface area (Å²) in [5.74, 6) is -1.12. The number of fused-ring (bicyclic) bond motifs is 2. The average Bonchev–Trinajstić information content (AvgIpc) is 3.28. The van der Waals surface area contributed by atoms with Crippen LogP contribution in [0.3, 0.4) is 0 Å². The summed E-state index contributed by atoms with van der Waals surface area (Å²) in [6.07, 6.45) is 0. The Morgan fingerprint density at radius 2 is 1.88 bits per heavy atom. The maximum Gasteiger partial charge on any atom is 0.256 e. The van der Waals surface area contributed by atoms with Crippen LogP contribution in [-0.2, 0) is 16.9 Å². The number of rotatable bonds is 5. The lowest BCUT2D eigenvalue weighted by Gasteiger charge is -2.25. The molecule has 2 aliphatic rings. The second kappa shape index (κ2) is 8.38. The van der Waals surface area contributed by atoms with Crippen molar-refractivity contribution in [1.29, 1.82) is 0 Å². The van der Waals surface area contributed by atoms with Crippen LogP contribution >= 0.6 is 11.6 Å². The summed E-state index contributed by atoms with van der Waals surface area (Å²) in [6.45, 7) is 1.81. The first-order valence-corrected chi connectivity index (χ1v) is 11.2. The predicted octanol–water partition coefficient (Wildman–Crippen LogP) is 4.63. The van der Waals surface area contributed by atoms with Crippen LogP contribution in [0.15, 0.2) is 66.7 Å². The zero-order chi connectivity index (χ0) is 24.0. The molecule has 2 N–H and O–H groups in total. The average molecular weight is 482 g/mol. The van der Waals surface area contributed by atoms with Gasteiger partial charge >= 0.3 is 0 Å². The lowest BCUT2D eigenvalue weighted by molar-refractivity contribution is -0.532. The van der Waals surface area contributed by atoms with Gasteiger partial charge in [-0.05, 0) is 36.8 Å². The number of hydrogen-bond acceptors (Lipinski definition) is 5. The maximum atomic E-state index is 13.9. The van der Waals surface area contributed by atoms with Crippen molar-refractivity contribution in [2.24, 2.45) is 0 Å². The molecule has 34 heavy (non-hydrogen) atoms. The SMILES string of the molecule is C[C@@H]1N[C@]2(C(=O)Nc3ccccc32)[C@H]([N+](=O)[O-])[C@H]1c1ccc(OCc2ccccc2F)c(Cl)c1. The van der Waals surface area contributed by atoms with Gasteiger partial charge in [0.1, 0.15) is 18.2 Å². The highest BCUT2D eigenvalue weighted by Gasteiger charge is 2.67. The van der Waals surface area contributed by atoms with Gasteiger partial charge in [0.25, 0.3) is 11.9 Å². The second-order valence-electron chi connectivity index (χ2n) is 8.57. The molecule has 2 heterocycles. The molecule has 0 saturated carbocycles. The zero-order valence-electron chi connectivity index (χ0n) is 18.1. The molecule has 0 aromatic heterocycles. The minimum atomic E-state index is -1.49. The Labute approximate surface area is 200 Å². The number of para-hydroxylation sites is 1. The Morgan fingerprint density at radius 1 is 1.15 bits per heavy atom. The molecule has 4 atom stereocenters. The largest absolute Gasteiger partial charge is 0.487 e. The van der Waals surface area contributed by atoms with Crippen LogP contribution in [0, 0.1) is 15.9 Å². The minimum Gasteiger partial charge on any atom is -0.487 e. The molecular weight excluding hydrogens is 461 g/mol. The number of benzene rings is 3. The van der Waals surface area contributed by atoms with Gasteiger partial charge in [-0.2, -0.15) is 0 Å². The summed E-state index contributed by atoms with van der Waals surface area (Å²) in [4.78, 5) is 25.1. The van der Waals surface area contributed by atoms with Gasteiger partial charge in [-0.1, -0.05) is 54.1 Å². The normalized spacial score (nSPS) is 25.3. The molecule has 1 spiro atoms. The molecule has 9 heteroatoms. The highest BCUT2D eigenvalue weighted by atomic mass is 35.5. The molecule has 174 valence electrons. The summed E-state index contributed by atoms with van der Waals surface area (Å²) >= 11 is 6.46. The predicted molar refractivity (Wildman–Crippen MR) is 125 cm³/mol. The molecule has 0 aliphatic carbocycles. The Kier molecular flexibility index (Phi) is 5.50. The Bertz CT molecular complexity index is 1300. The Hall–Kier alpha value is -3.49. The number of ether oxygens (including phenoxy) is 1. The van der Waals surface area contributed by atoms with Gasteiger partial charge < -0.3 is 10.1 Å². The van der Waals surface area contributed by atoms with Crippen LogP contribution in [0.5, 0.6) is 5.75 Å². The topological polar surface area (TPSA) is 93.5 Å². The maximum absolute atomic E-state index is 13.9. The van der Waals surface area contributed by atoms with E-state index < -0.39 is 29.4 Å². The van der Waals surface area contributed by atoms with Gasteiger partial charge in [-0.25, -0.2) is 4.39 Å². The molecule has 1 amide bonds. The van der Waals surface area contributed by atoms with Gasteiger partial charge in [0, 0.05) is 27.8 Å². The Balaban J connectivity index is 1.48. The summed E-state index contributed by atoms with van der Waals surface area (Å²) in [6, 6.07) is 16.6. The van der Waals surface area contributed by atoms with Gasteiger partial charge in [0.2, 0.25) is 0 Å². The minimum absolute atomic E-state index is 0.00921. The molecule has 3 aromatic carbocycles. The van der Waals surface area contributed by atoms with Crippen molar-refractivity contribution in [1.82, 2.24) is 5.32 Å². The van der Waals surface area contributed by atoms with E-state index in [9.17, 15) is 19.3 Å². The summed E-state index contributed by atoms with van der Waals surface area (Å²) in [7, 11) is 0. The number of amides is 1. The van der Waals surface area contributed by atoms with Crippen LogP contribution in [0.25, 0.3) is 0 Å². The third-order valence-electron chi connectivity index (χ3n) is 6.65. The van der Waals surface area contributed by atoms with Gasteiger partial charge in [0.05, 0.1) is 10.9 Å². The van der Waals surface area contributed by atoms with Gasteiger partial charge in [0.15, 0.2) is 5.54 Å². The van der Waals surface area contributed by atoms with Gasteiger partial charge in [-0.3, -0.25) is 20.2 Å². The fourth-order valence-electron chi connectivity index (χ4n) is 5.17. The number of carbonyl (C=O) groups is 1. The number of halogens is 2. The summed E-state index contributed by atoms with van der Waals surface area (Å²) in [5, 5.41) is 18.6. The number of hydrogen-bond donors (Lipinski definition) is 2. The highest BCUT2D eigenvalue weighted by Crippen LogP contribution is 2.50. The quantitative estimate of drug-likeness (QED) is 0.409. The fourth-order valence-corrected chi connectivity index (χ4v) is 5.41. The van der Waals surface area contributed by atoms with E-state index in [1.54, 1.807) is 60.7 Å². The first kappa shape index (κ1) is 22.3. The summed E-state index contributed by atoms with van der Waals surface area (Å²) in [5.41, 5.74) is 0.634. The number of anilines is 1. The lowest BCUT2D eigenvalue weighted by Crippen LogP contribution is -2.54. The molecule has 2 aliphatic heterocycles.